The molecule has 0 aliphatic carbocycles. The SMILES string of the molecule is COC(=O)c1ccc(CN(C)C(=O)C2CCN(S(=O)(=O)c3c(C)cc(C)cc3C)CC2)cc1. The number of hydrogen-bond acceptors (Lipinski definition) is 5. The zero-order valence-corrected chi connectivity index (χ0v) is 20.7. The van der Waals surface area contributed by atoms with E-state index in [1.165, 1.54) is 11.4 Å². The predicted octanol–water partition coefficient (Wildman–Crippen LogP) is 3.46. The van der Waals surface area contributed by atoms with Crippen molar-refractivity contribution in [3.63, 3.8) is 0 Å². The molecule has 0 saturated carbocycles. The van der Waals surface area contributed by atoms with Gasteiger partial charge in [0.2, 0.25) is 15.9 Å². The molecule has 1 aliphatic rings. The van der Waals surface area contributed by atoms with Gasteiger partial charge < -0.3 is 9.64 Å². The van der Waals surface area contributed by atoms with Crippen LogP contribution in [0.1, 0.15) is 45.5 Å². The van der Waals surface area contributed by atoms with Gasteiger partial charge in [-0.2, -0.15) is 4.31 Å². The highest BCUT2D eigenvalue weighted by Gasteiger charge is 2.34. The average Bonchev–Trinajstić information content (AvgIpc) is 2.77. The second kappa shape index (κ2) is 10.1. The first-order valence-corrected chi connectivity index (χ1v) is 12.5. The van der Waals surface area contributed by atoms with Crippen LogP contribution in [-0.4, -0.2) is 56.7 Å². The van der Waals surface area contributed by atoms with Crippen molar-refractivity contribution in [3.05, 3.63) is 64.2 Å². The summed E-state index contributed by atoms with van der Waals surface area (Å²) in [7, 11) is -0.516. The lowest BCUT2D eigenvalue weighted by Gasteiger charge is -2.33. The second-order valence-corrected chi connectivity index (χ2v) is 10.7. The normalized spacial score (nSPS) is 15.3. The molecule has 0 aromatic heterocycles. The van der Waals surface area contributed by atoms with Crippen molar-refractivity contribution >= 4 is 21.9 Å². The smallest absolute Gasteiger partial charge is 0.337 e. The Balaban J connectivity index is 1.62. The predicted molar refractivity (Wildman–Crippen MR) is 126 cm³/mol. The van der Waals surface area contributed by atoms with E-state index in [4.69, 9.17) is 4.74 Å². The molecular weight excluding hydrogens is 440 g/mol. The molecule has 3 rings (SSSR count). The van der Waals surface area contributed by atoms with Gasteiger partial charge in [-0.05, 0) is 62.4 Å². The van der Waals surface area contributed by atoms with E-state index in [9.17, 15) is 18.0 Å². The number of benzene rings is 2. The Morgan fingerprint density at radius 2 is 1.58 bits per heavy atom. The number of nitrogens with zero attached hydrogens (tertiary/aromatic N) is 2. The highest BCUT2D eigenvalue weighted by atomic mass is 32.2. The van der Waals surface area contributed by atoms with Crippen molar-refractivity contribution in [1.82, 2.24) is 9.21 Å². The van der Waals surface area contributed by atoms with Gasteiger partial charge in [-0.15, -0.1) is 0 Å². The Morgan fingerprint density at radius 3 is 2.09 bits per heavy atom. The first-order valence-electron chi connectivity index (χ1n) is 11.0. The Bertz CT molecular complexity index is 1110. The van der Waals surface area contributed by atoms with Gasteiger partial charge in [0.1, 0.15) is 0 Å². The average molecular weight is 473 g/mol. The van der Waals surface area contributed by atoms with E-state index in [-0.39, 0.29) is 11.8 Å². The molecule has 0 atom stereocenters. The molecule has 1 fully saturated rings. The van der Waals surface area contributed by atoms with Gasteiger partial charge in [0, 0.05) is 32.6 Å². The zero-order chi connectivity index (χ0) is 24.3. The molecule has 7 nitrogen and oxygen atoms in total. The molecule has 33 heavy (non-hydrogen) atoms. The summed E-state index contributed by atoms with van der Waals surface area (Å²) in [5.74, 6) is -0.605. The van der Waals surface area contributed by atoms with E-state index in [0.29, 0.717) is 42.9 Å². The lowest BCUT2D eigenvalue weighted by atomic mass is 9.96. The van der Waals surface area contributed by atoms with Gasteiger partial charge >= 0.3 is 5.97 Å². The minimum atomic E-state index is -3.60. The molecule has 1 amide bonds. The van der Waals surface area contributed by atoms with Crippen molar-refractivity contribution in [1.29, 1.82) is 0 Å². The second-order valence-electron chi connectivity index (χ2n) is 8.79. The summed E-state index contributed by atoms with van der Waals surface area (Å²) in [5, 5.41) is 0. The highest BCUT2D eigenvalue weighted by Crippen LogP contribution is 2.29. The van der Waals surface area contributed by atoms with Crippen molar-refractivity contribution in [2.45, 2.75) is 45.1 Å². The number of methoxy groups -OCH3 is 1. The third-order valence-electron chi connectivity index (χ3n) is 6.18. The zero-order valence-electron chi connectivity index (χ0n) is 19.9. The summed E-state index contributed by atoms with van der Waals surface area (Å²) in [6.45, 7) is 6.68. The van der Waals surface area contributed by atoms with Crippen LogP contribution in [0.25, 0.3) is 0 Å². The lowest BCUT2D eigenvalue weighted by Crippen LogP contribution is -2.43. The van der Waals surface area contributed by atoms with E-state index in [2.05, 4.69) is 0 Å². The van der Waals surface area contributed by atoms with Crippen LogP contribution in [0.4, 0.5) is 0 Å². The standard InChI is InChI=1S/C25H32N2O5S/c1-17-14-18(2)23(19(3)15-17)33(30,31)27-12-10-21(11-13-27)24(28)26(4)16-20-6-8-22(9-7-20)25(29)32-5/h6-9,14-15,21H,10-13,16H2,1-5H3. The molecule has 178 valence electrons. The maximum atomic E-state index is 13.3. The van der Waals surface area contributed by atoms with Gasteiger partial charge in [0.25, 0.3) is 0 Å². The fourth-order valence-corrected chi connectivity index (χ4v) is 6.45. The molecule has 1 heterocycles. The molecule has 8 heteroatoms. The van der Waals surface area contributed by atoms with E-state index in [0.717, 1.165) is 22.3 Å². The number of carbonyl (C=O) groups is 2. The van der Waals surface area contributed by atoms with E-state index >= 15 is 0 Å². The summed E-state index contributed by atoms with van der Waals surface area (Å²) >= 11 is 0. The van der Waals surface area contributed by atoms with E-state index < -0.39 is 16.0 Å². The van der Waals surface area contributed by atoms with Crippen molar-refractivity contribution < 1.29 is 22.7 Å². The summed E-state index contributed by atoms with van der Waals surface area (Å²) in [6.07, 6.45) is 0.987. The number of rotatable bonds is 6. The number of amides is 1. The van der Waals surface area contributed by atoms with E-state index in [1.54, 1.807) is 36.2 Å². The number of ether oxygens (including phenoxy) is 1. The van der Waals surface area contributed by atoms with Crippen molar-refractivity contribution in [2.75, 3.05) is 27.2 Å². The third kappa shape index (κ3) is 5.45. The third-order valence-corrected chi connectivity index (χ3v) is 8.38. The van der Waals surface area contributed by atoms with Gasteiger partial charge in [-0.25, -0.2) is 13.2 Å². The molecule has 0 unspecified atom stereocenters. The number of piperidine rings is 1. The Hall–Kier alpha value is -2.71. The maximum Gasteiger partial charge on any atom is 0.337 e. The monoisotopic (exact) mass is 472 g/mol. The summed E-state index contributed by atoms with van der Waals surface area (Å²) in [6, 6.07) is 10.7. The Labute approximate surface area is 196 Å². The molecule has 0 radical (unpaired) electrons. The van der Waals surface area contributed by atoms with Crippen LogP contribution in [0.5, 0.6) is 0 Å². The first kappa shape index (κ1) is 24.9. The Morgan fingerprint density at radius 1 is 1.03 bits per heavy atom. The summed E-state index contributed by atoms with van der Waals surface area (Å²) in [4.78, 5) is 26.6. The van der Waals surface area contributed by atoms with Crippen LogP contribution in [0.3, 0.4) is 0 Å². The van der Waals surface area contributed by atoms with Crippen LogP contribution in [0, 0.1) is 26.7 Å². The minimum Gasteiger partial charge on any atom is -0.465 e. The molecule has 0 spiro atoms. The van der Waals surface area contributed by atoms with Gasteiger partial charge in [-0.1, -0.05) is 29.8 Å². The van der Waals surface area contributed by atoms with Crippen LogP contribution in [0.2, 0.25) is 0 Å². The molecule has 0 bridgehead atoms. The number of esters is 1. The lowest BCUT2D eigenvalue weighted by molar-refractivity contribution is -0.135. The number of sulfonamides is 1. The van der Waals surface area contributed by atoms with Crippen LogP contribution in [-0.2, 0) is 26.1 Å². The van der Waals surface area contributed by atoms with Crippen molar-refractivity contribution in [2.24, 2.45) is 5.92 Å². The minimum absolute atomic E-state index is 0.00629. The topological polar surface area (TPSA) is 84.0 Å². The largest absolute Gasteiger partial charge is 0.465 e. The summed E-state index contributed by atoms with van der Waals surface area (Å²) < 4.78 is 32.8. The van der Waals surface area contributed by atoms with Crippen LogP contribution in [0.15, 0.2) is 41.3 Å². The fourth-order valence-electron chi connectivity index (χ4n) is 4.57. The molecular formula is C25H32N2O5S. The van der Waals surface area contributed by atoms with Gasteiger partial charge in [0.15, 0.2) is 0 Å². The molecule has 2 aromatic rings. The van der Waals surface area contributed by atoms with Gasteiger partial charge in [-0.3, -0.25) is 4.79 Å². The fraction of sp³-hybridized carbons (Fsp3) is 0.440. The first-order chi connectivity index (χ1) is 15.5. The highest BCUT2D eigenvalue weighted by molar-refractivity contribution is 7.89. The van der Waals surface area contributed by atoms with E-state index in [1.807, 2.05) is 32.9 Å². The molecule has 0 N–H and O–H groups in total. The van der Waals surface area contributed by atoms with Crippen LogP contribution >= 0.6 is 0 Å². The Kier molecular flexibility index (Phi) is 7.59. The number of carbonyl (C=O) groups excluding carboxylic acids is 2. The van der Waals surface area contributed by atoms with Crippen molar-refractivity contribution in [3.8, 4) is 0 Å². The number of hydrogen-bond donors (Lipinski definition) is 0. The quantitative estimate of drug-likeness (QED) is 0.601. The molecule has 1 aliphatic heterocycles. The van der Waals surface area contributed by atoms with Crippen LogP contribution < -0.4 is 0 Å². The van der Waals surface area contributed by atoms with Gasteiger partial charge in [0.05, 0.1) is 17.6 Å². The molecule has 2 aromatic carbocycles. The number of aryl methyl sites for hydroxylation is 3. The maximum absolute atomic E-state index is 13.3. The summed E-state index contributed by atoms with van der Waals surface area (Å²) in [5.41, 5.74) is 3.91. The molecule has 1 saturated heterocycles.